The minimum atomic E-state index is -0.298. The molecule has 0 aromatic heterocycles. The number of rotatable bonds is 2. The summed E-state index contributed by atoms with van der Waals surface area (Å²) in [6.45, 7) is 2.33. The lowest BCUT2D eigenvalue weighted by molar-refractivity contribution is -0.133. The van der Waals surface area contributed by atoms with Crippen LogP contribution in [0.3, 0.4) is 0 Å². The molecule has 0 N–H and O–H groups in total. The highest BCUT2D eigenvalue weighted by atomic mass is 79.9. The molecule has 0 unspecified atom stereocenters. The van der Waals surface area contributed by atoms with Crippen LogP contribution in [0.15, 0.2) is 46.9 Å². The van der Waals surface area contributed by atoms with E-state index in [1.807, 2.05) is 37.3 Å². The Bertz CT molecular complexity index is 748. The Kier molecular flexibility index (Phi) is 3.87. The van der Waals surface area contributed by atoms with Crippen molar-refractivity contribution in [2.24, 2.45) is 0 Å². The molecule has 0 saturated heterocycles. The largest absolute Gasteiger partial charge is 0.457 e. The second kappa shape index (κ2) is 5.66. The van der Waals surface area contributed by atoms with Crippen LogP contribution in [0.1, 0.15) is 16.7 Å². The zero-order valence-electron chi connectivity index (χ0n) is 11.3. The zero-order valence-corrected chi connectivity index (χ0v) is 13.7. The minimum Gasteiger partial charge on any atom is -0.457 e. The molecule has 0 amide bonds. The van der Waals surface area contributed by atoms with Gasteiger partial charge in [-0.15, -0.1) is 0 Å². The number of aryl methyl sites for hydroxylation is 1. The van der Waals surface area contributed by atoms with E-state index in [1.54, 1.807) is 12.1 Å². The van der Waals surface area contributed by atoms with Crippen molar-refractivity contribution in [3.05, 3.63) is 68.7 Å². The first-order valence-corrected chi connectivity index (χ1v) is 7.66. The molecule has 1 aliphatic rings. The lowest BCUT2D eigenvalue weighted by atomic mass is 9.96. The second-order valence-electron chi connectivity index (χ2n) is 4.92. The van der Waals surface area contributed by atoms with Crippen molar-refractivity contribution >= 4 is 44.6 Å². The Morgan fingerprint density at radius 3 is 2.52 bits per heavy atom. The maximum absolute atomic E-state index is 12.1. The maximum atomic E-state index is 12.1. The molecule has 21 heavy (non-hydrogen) atoms. The Morgan fingerprint density at radius 1 is 1.14 bits per heavy atom. The van der Waals surface area contributed by atoms with Crippen molar-refractivity contribution in [2.45, 2.75) is 6.92 Å². The van der Waals surface area contributed by atoms with Gasteiger partial charge < -0.3 is 4.74 Å². The number of hydrogen-bond donors (Lipinski definition) is 0. The highest BCUT2D eigenvalue weighted by Gasteiger charge is 2.28. The monoisotopic (exact) mass is 362 g/mol. The molecule has 2 aromatic rings. The van der Waals surface area contributed by atoms with Gasteiger partial charge in [-0.2, -0.15) is 0 Å². The standard InChI is InChI=1S/C17H12BrClO2/c1-10-2-4-11(5-3-10)14-9-21-17(20)16(14)13-7-6-12(19)8-15(13)18/h2-8H,9H2,1H3. The smallest absolute Gasteiger partial charge is 0.339 e. The molecule has 0 fully saturated rings. The molecule has 1 heterocycles. The van der Waals surface area contributed by atoms with Crippen LogP contribution in [-0.4, -0.2) is 12.6 Å². The fourth-order valence-electron chi connectivity index (χ4n) is 2.35. The minimum absolute atomic E-state index is 0.298. The SMILES string of the molecule is Cc1ccc(C2=C(c3ccc(Cl)cc3Br)C(=O)OC2)cc1. The number of carbonyl (C=O) groups excluding carboxylic acids is 1. The predicted octanol–water partition coefficient (Wildman–Crippen LogP) is 4.88. The molecule has 0 radical (unpaired) electrons. The first kappa shape index (κ1) is 14.4. The highest BCUT2D eigenvalue weighted by molar-refractivity contribution is 9.10. The summed E-state index contributed by atoms with van der Waals surface area (Å²) in [4.78, 5) is 12.1. The van der Waals surface area contributed by atoms with E-state index in [4.69, 9.17) is 16.3 Å². The quantitative estimate of drug-likeness (QED) is 0.711. The Hall–Kier alpha value is -1.58. The molecular formula is C17H12BrClO2. The molecule has 0 aliphatic carbocycles. The number of carbonyl (C=O) groups is 1. The molecule has 106 valence electrons. The van der Waals surface area contributed by atoms with Gasteiger partial charge in [-0.1, -0.05) is 63.4 Å². The van der Waals surface area contributed by atoms with Gasteiger partial charge in [-0.05, 0) is 24.6 Å². The van der Waals surface area contributed by atoms with Crippen LogP contribution in [0.4, 0.5) is 0 Å². The summed E-state index contributed by atoms with van der Waals surface area (Å²) >= 11 is 9.44. The van der Waals surface area contributed by atoms with Crippen molar-refractivity contribution in [3.8, 4) is 0 Å². The van der Waals surface area contributed by atoms with Gasteiger partial charge in [-0.25, -0.2) is 4.79 Å². The molecule has 0 bridgehead atoms. The van der Waals surface area contributed by atoms with Crippen LogP contribution >= 0.6 is 27.5 Å². The molecular weight excluding hydrogens is 352 g/mol. The van der Waals surface area contributed by atoms with Crippen LogP contribution in [0.25, 0.3) is 11.1 Å². The Labute approximate surface area is 136 Å². The van der Waals surface area contributed by atoms with E-state index in [2.05, 4.69) is 15.9 Å². The van der Waals surface area contributed by atoms with Gasteiger partial charge >= 0.3 is 5.97 Å². The van der Waals surface area contributed by atoms with Crippen LogP contribution in [0.2, 0.25) is 5.02 Å². The average molecular weight is 364 g/mol. The third-order valence-corrected chi connectivity index (χ3v) is 4.35. The van der Waals surface area contributed by atoms with Gasteiger partial charge in [0.1, 0.15) is 6.61 Å². The van der Waals surface area contributed by atoms with E-state index in [0.29, 0.717) is 17.2 Å². The lowest BCUT2D eigenvalue weighted by Crippen LogP contribution is -1.99. The van der Waals surface area contributed by atoms with Crippen molar-refractivity contribution in [1.82, 2.24) is 0 Å². The van der Waals surface area contributed by atoms with Gasteiger partial charge in [-0.3, -0.25) is 0 Å². The van der Waals surface area contributed by atoms with E-state index in [-0.39, 0.29) is 5.97 Å². The zero-order chi connectivity index (χ0) is 15.0. The Morgan fingerprint density at radius 2 is 1.86 bits per heavy atom. The summed E-state index contributed by atoms with van der Waals surface area (Å²) in [5.41, 5.74) is 4.49. The maximum Gasteiger partial charge on any atom is 0.339 e. The third-order valence-electron chi connectivity index (χ3n) is 3.45. The number of hydrogen-bond acceptors (Lipinski definition) is 2. The average Bonchev–Trinajstić information content (AvgIpc) is 2.82. The number of esters is 1. The fraction of sp³-hybridized carbons (Fsp3) is 0.118. The van der Waals surface area contributed by atoms with Gasteiger partial charge in [0.15, 0.2) is 0 Å². The van der Waals surface area contributed by atoms with E-state index < -0.39 is 0 Å². The lowest BCUT2D eigenvalue weighted by Gasteiger charge is -2.07. The van der Waals surface area contributed by atoms with E-state index in [1.165, 1.54) is 5.56 Å². The van der Waals surface area contributed by atoms with Crippen LogP contribution in [0, 0.1) is 6.92 Å². The first-order chi connectivity index (χ1) is 10.1. The molecule has 0 spiro atoms. The molecule has 0 atom stereocenters. The number of ether oxygens (including phenoxy) is 1. The molecule has 3 rings (SSSR count). The summed E-state index contributed by atoms with van der Waals surface area (Å²) in [7, 11) is 0. The molecule has 1 aliphatic heterocycles. The van der Waals surface area contributed by atoms with Gasteiger partial charge in [0.2, 0.25) is 0 Å². The summed E-state index contributed by atoms with van der Waals surface area (Å²) < 4.78 is 6.02. The van der Waals surface area contributed by atoms with Gasteiger partial charge in [0.25, 0.3) is 0 Å². The topological polar surface area (TPSA) is 26.3 Å². The van der Waals surface area contributed by atoms with Crippen molar-refractivity contribution in [1.29, 1.82) is 0 Å². The molecule has 4 heteroatoms. The molecule has 0 saturated carbocycles. The van der Waals surface area contributed by atoms with E-state index >= 15 is 0 Å². The van der Waals surface area contributed by atoms with Crippen molar-refractivity contribution in [3.63, 3.8) is 0 Å². The van der Waals surface area contributed by atoms with Gasteiger partial charge in [0.05, 0.1) is 5.57 Å². The van der Waals surface area contributed by atoms with Gasteiger partial charge in [0, 0.05) is 20.6 Å². The second-order valence-corrected chi connectivity index (χ2v) is 6.21. The summed E-state index contributed by atoms with van der Waals surface area (Å²) in [5.74, 6) is -0.298. The summed E-state index contributed by atoms with van der Waals surface area (Å²) in [5, 5.41) is 0.620. The Balaban J connectivity index is 2.17. The van der Waals surface area contributed by atoms with Crippen LogP contribution < -0.4 is 0 Å². The highest BCUT2D eigenvalue weighted by Crippen LogP contribution is 2.37. The van der Waals surface area contributed by atoms with E-state index in [9.17, 15) is 4.79 Å². The summed E-state index contributed by atoms with van der Waals surface area (Å²) in [6.07, 6.45) is 0. The van der Waals surface area contributed by atoms with Crippen LogP contribution in [0.5, 0.6) is 0 Å². The number of benzene rings is 2. The van der Waals surface area contributed by atoms with Crippen LogP contribution in [-0.2, 0) is 9.53 Å². The van der Waals surface area contributed by atoms with Crippen molar-refractivity contribution < 1.29 is 9.53 Å². The molecule has 2 nitrogen and oxygen atoms in total. The number of cyclic esters (lactones) is 1. The third kappa shape index (κ3) is 2.76. The van der Waals surface area contributed by atoms with Crippen molar-refractivity contribution in [2.75, 3.05) is 6.61 Å². The number of halogens is 2. The molecule has 2 aromatic carbocycles. The fourth-order valence-corrected chi connectivity index (χ4v) is 3.23. The predicted molar refractivity (Wildman–Crippen MR) is 88.1 cm³/mol. The normalized spacial score (nSPS) is 14.5. The van der Waals surface area contributed by atoms with E-state index in [0.717, 1.165) is 21.2 Å². The summed E-state index contributed by atoms with van der Waals surface area (Å²) in [6, 6.07) is 13.5. The first-order valence-electron chi connectivity index (χ1n) is 6.49.